The molecule has 1 saturated heterocycles. The van der Waals surface area contributed by atoms with Gasteiger partial charge in [-0.15, -0.1) is 0 Å². The van der Waals surface area contributed by atoms with E-state index in [-0.39, 0.29) is 24.5 Å². The van der Waals surface area contributed by atoms with Gasteiger partial charge in [0.2, 0.25) is 10.0 Å². The molecule has 1 aromatic carbocycles. The van der Waals surface area contributed by atoms with Crippen LogP contribution in [0.25, 0.3) is 0 Å². The van der Waals surface area contributed by atoms with Gasteiger partial charge >= 0.3 is 12.1 Å². The quantitative estimate of drug-likeness (QED) is 0.688. The van der Waals surface area contributed by atoms with Gasteiger partial charge in [0.15, 0.2) is 0 Å². The van der Waals surface area contributed by atoms with Crippen LogP contribution in [0, 0.1) is 0 Å². The number of carboxylic acids is 1. The van der Waals surface area contributed by atoms with E-state index in [0.717, 1.165) is 9.87 Å². The van der Waals surface area contributed by atoms with Gasteiger partial charge < -0.3 is 14.7 Å². The summed E-state index contributed by atoms with van der Waals surface area (Å²) in [6, 6.07) is 4.92. The summed E-state index contributed by atoms with van der Waals surface area (Å²) < 4.78 is 32.2. The Morgan fingerprint density at radius 3 is 2.52 bits per heavy atom. The zero-order valence-electron chi connectivity index (χ0n) is 15.4. The highest BCUT2D eigenvalue weighted by molar-refractivity contribution is 9.08. The number of nitrogens with zero attached hydrogens (tertiary/aromatic N) is 2. The molecule has 0 saturated carbocycles. The molecule has 1 heterocycles. The maximum Gasteiger partial charge on any atom is 0.410 e. The Labute approximate surface area is 167 Å². The molecule has 0 aromatic heterocycles. The van der Waals surface area contributed by atoms with Crippen LogP contribution in [0.4, 0.5) is 4.79 Å². The predicted molar refractivity (Wildman–Crippen MR) is 102 cm³/mol. The summed E-state index contributed by atoms with van der Waals surface area (Å²) in [5.74, 6) is -1.32. The number of alkyl halides is 1. The van der Waals surface area contributed by atoms with Crippen LogP contribution in [0.3, 0.4) is 0 Å². The van der Waals surface area contributed by atoms with Crippen molar-refractivity contribution in [3.05, 3.63) is 29.8 Å². The van der Waals surface area contributed by atoms with E-state index < -0.39 is 33.7 Å². The molecule has 0 spiro atoms. The Bertz CT molecular complexity index is 821. The predicted octanol–water partition coefficient (Wildman–Crippen LogP) is 2.28. The summed E-state index contributed by atoms with van der Waals surface area (Å²) in [6.07, 6.45) is -0.660. The Balaban J connectivity index is 2.27. The number of ether oxygens (including phenoxy) is 1. The lowest BCUT2D eigenvalue weighted by Gasteiger charge is -2.38. The number of carbonyl (C=O) groups excluding carboxylic acids is 1. The summed E-state index contributed by atoms with van der Waals surface area (Å²) in [5.41, 5.74) is 0.0325. The van der Waals surface area contributed by atoms with Crippen molar-refractivity contribution in [3.8, 4) is 0 Å². The number of rotatable bonds is 4. The Morgan fingerprint density at radius 2 is 1.96 bits per heavy atom. The minimum atomic E-state index is -4.02. The van der Waals surface area contributed by atoms with Crippen molar-refractivity contribution >= 4 is 38.0 Å². The molecule has 10 heteroatoms. The molecule has 1 fully saturated rings. The van der Waals surface area contributed by atoms with Crippen molar-refractivity contribution in [1.29, 1.82) is 0 Å². The number of hydrogen-bond acceptors (Lipinski definition) is 5. The first-order valence-electron chi connectivity index (χ1n) is 8.33. The fourth-order valence-electron chi connectivity index (χ4n) is 2.67. The lowest BCUT2D eigenvalue weighted by Crippen LogP contribution is -2.59. The second-order valence-corrected chi connectivity index (χ2v) is 9.63. The molecule has 27 heavy (non-hydrogen) atoms. The van der Waals surface area contributed by atoms with E-state index in [0.29, 0.717) is 5.33 Å². The zero-order chi connectivity index (χ0) is 20.4. The molecule has 150 valence electrons. The van der Waals surface area contributed by atoms with Crippen molar-refractivity contribution in [2.75, 3.05) is 19.6 Å². The van der Waals surface area contributed by atoms with Gasteiger partial charge in [-0.2, -0.15) is 4.31 Å². The van der Waals surface area contributed by atoms with E-state index >= 15 is 0 Å². The topological polar surface area (TPSA) is 104 Å². The molecule has 8 nitrogen and oxygen atoms in total. The van der Waals surface area contributed by atoms with Crippen molar-refractivity contribution < 1.29 is 27.9 Å². The van der Waals surface area contributed by atoms with E-state index in [4.69, 9.17) is 4.74 Å². The summed E-state index contributed by atoms with van der Waals surface area (Å²) >= 11 is 3.28. The van der Waals surface area contributed by atoms with E-state index in [2.05, 4.69) is 15.9 Å². The Hall–Kier alpha value is -1.65. The third-order valence-corrected chi connectivity index (χ3v) is 6.48. The molecule has 0 bridgehead atoms. The Kier molecular flexibility index (Phi) is 6.54. The molecule has 1 amide bonds. The average Bonchev–Trinajstić information content (AvgIpc) is 2.59. The van der Waals surface area contributed by atoms with Gasteiger partial charge in [-0.3, -0.25) is 4.79 Å². The van der Waals surface area contributed by atoms with E-state index in [1.165, 1.54) is 17.0 Å². The summed E-state index contributed by atoms with van der Waals surface area (Å²) in [4.78, 5) is 25.2. The van der Waals surface area contributed by atoms with Gasteiger partial charge in [0.05, 0.1) is 11.4 Å². The molecule has 1 aliphatic rings. The van der Waals surface area contributed by atoms with Crippen LogP contribution in [0.15, 0.2) is 29.2 Å². The SMILES string of the molecule is CC(C)(C)OC(=O)N1CCN(S(=O)(=O)c2cccc(CBr)c2)C(C(=O)O)C1. The number of sulfonamides is 1. The van der Waals surface area contributed by atoms with Gasteiger partial charge in [-0.05, 0) is 38.5 Å². The summed E-state index contributed by atoms with van der Waals surface area (Å²) in [5, 5.41) is 10.0. The highest BCUT2D eigenvalue weighted by atomic mass is 79.9. The maximum atomic E-state index is 13.0. The molecular weight excluding hydrogens is 440 g/mol. The maximum absolute atomic E-state index is 13.0. The van der Waals surface area contributed by atoms with E-state index in [9.17, 15) is 23.1 Å². The minimum absolute atomic E-state index is 0.0245. The summed E-state index contributed by atoms with van der Waals surface area (Å²) in [6.45, 7) is 4.76. The average molecular weight is 463 g/mol. The molecule has 2 rings (SSSR count). The highest BCUT2D eigenvalue weighted by Crippen LogP contribution is 2.24. The van der Waals surface area contributed by atoms with Gasteiger partial charge in [0.1, 0.15) is 11.6 Å². The molecule has 0 aliphatic carbocycles. The van der Waals surface area contributed by atoms with Crippen molar-refractivity contribution in [2.24, 2.45) is 0 Å². The van der Waals surface area contributed by atoms with Gasteiger partial charge in [-0.1, -0.05) is 28.1 Å². The number of halogens is 1. The largest absolute Gasteiger partial charge is 0.480 e. The van der Waals surface area contributed by atoms with Crippen LogP contribution in [-0.4, -0.2) is 66.1 Å². The number of carbonyl (C=O) groups is 2. The van der Waals surface area contributed by atoms with E-state index in [1.54, 1.807) is 32.9 Å². The van der Waals surface area contributed by atoms with Crippen LogP contribution in [0.2, 0.25) is 0 Å². The van der Waals surface area contributed by atoms with Gasteiger partial charge in [0, 0.05) is 18.4 Å². The second-order valence-electron chi connectivity index (χ2n) is 7.18. The molecule has 1 aromatic rings. The van der Waals surface area contributed by atoms with Crippen LogP contribution in [0.5, 0.6) is 0 Å². The third-order valence-electron chi connectivity index (χ3n) is 3.93. The smallest absolute Gasteiger partial charge is 0.410 e. The fraction of sp³-hybridized carbons (Fsp3) is 0.529. The van der Waals surface area contributed by atoms with Crippen molar-refractivity contribution in [1.82, 2.24) is 9.21 Å². The second kappa shape index (κ2) is 8.15. The normalized spacial score (nSPS) is 19.0. The van der Waals surface area contributed by atoms with Gasteiger partial charge in [-0.25, -0.2) is 13.2 Å². The number of benzene rings is 1. The number of carboxylic acid groups (broad SMARTS) is 1. The van der Waals surface area contributed by atoms with Gasteiger partial charge in [0.25, 0.3) is 0 Å². The van der Waals surface area contributed by atoms with Crippen LogP contribution in [-0.2, 0) is 24.9 Å². The number of aliphatic carboxylic acids is 1. The number of hydrogen-bond donors (Lipinski definition) is 1. The molecule has 1 N–H and O–H groups in total. The standard InChI is InChI=1S/C17H23BrN2O6S/c1-17(2,3)26-16(23)19-7-8-20(14(11-19)15(21)22)27(24,25)13-6-4-5-12(9-13)10-18/h4-6,9,14H,7-8,10-11H2,1-3H3,(H,21,22). The van der Waals surface area contributed by atoms with Crippen molar-refractivity contribution in [3.63, 3.8) is 0 Å². The zero-order valence-corrected chi connectivity index (χ0v) is 17.8. The Morgan fingerprint density at radius 1 is 1.30 bits per heavy atom. The molecule has 1 unspecified atom stereocenters. The van der Waals surface area contributed by atoms with Crippen molar-refractivity contribution in [2.45, 2.75) is 42.6 Å². The lowest BCUT2D eigenvalue weighted by atomic mass is 10.2. The van der Waals surface area contributed by atoms with Crippen LogP contribution in [0.1, 0.15) is 26.3 Å². The summed E-state index contributed by atoms with van der Waals surface area (Å²) in [7, 11) is -4.02. The first-order chi connectivity index (χ1) is 12.5. The number of piperazine rings is 1. The first kappa shape index (κ1) is 21.6. The third kappa shape index (κ3) is 5.20. The molecule has 1 atom stereocenters. The molecular formula is C17H23BrN2O6S. The monoisotopic (exact) mass is 462 g/mol. The number of amides is 1. The first-order valence-corrected chi connectivity index (χ1v) is 10.9. The fourth-order valence-corrected chi connectivity index (χ4v) is 4.66. The highest BCUT2D eigenvalue weighted by Gasteiger charge is 2.42. The lowest BCUT2D eigenvalue weighted by molar-refractivity contribution is -0.143. The molecule has 0 radical (unpaired) electrons. The van der Waals surface area contributed by atoms with Crippen LogP contribution < -0.4 is 0 Å². The van der Waals surface area contributed by atoms with E-state index in [1.807, 2.05) is 0 Å². The molecule has 1 aliphatic heterocycles. The van der Waals surface area contributed by atoms with Crippen LogP contribution >= 0.6 is 15.9 Å². The minimum Gasteiger partial charge on any atom is -0.480 e.